The van der Waals surface area contributed by atoms with Gasteiger partial charge in [-0.1, -0.05) is 42.3 Å². The van der Waals surface area contributed by atoms with E-state index in [1.165, 1.54) is 6.92 Å². The van der Waals surface area contributed by atoms with Crippen LogP contribution in [0.2, 0.25) is 0 Å². The third kappa shape index (κ3) is 4.14. The van der Waals surface area contributed by atoms with Crippen LogP contribution in [0.25, 0.3) is 0 Å². The first kappa shape index (κ1) is 17.1. The average Bonchev–Trinajstić information content (AvgIpc) is 2.61. The minimum absolute atomic E-state index is 0.0529. The van der Waals surface area contributed by atoms with E-state index in [4.69, 9.17) is 11.2 Å². The Bertz CT molecular complexity index is 764. The Morgan fingerprint density at radius 3 is 2.54 bits per heavy atom. The van der Waals surface area contributed by atoms with Gasteiger partial charge in [-0.2, -0.15) is 0 Å². The van der Waals surface area contributed by atoms with Crippen molar-refractivity contribution >= 4 is 17.7 Å². The number of hydrogen-bond donors (Lipinski definition) is 1. The monoisotopic (exact) mass is 323 g/mol. The van der Waals surface area contributed by atoms with Crippen LogP contribution in [-0.2, 0) is 16.1 Å². The molecule has 0 saturated carbocycles. The minimum atomic E-state index is -1.14. The van der Waals surface area contributed by atoms with Crippen molar-refractivity contribution in [1.82, 2.24) is 0 Å². The summed E-state index contributed by atoms with van der Waals surface area (Å²) in [5.41, 5.74) is 1.73. The van der Waals surface area contributed by atoms with E-state index in [0.29, 0.717) is 11.3 Å². The number of ether oxygens (including phenoxy) is 1. The highest BCUT2D eigenvalue weighted by atomic mass is 16.6. The van der Waals surface area contributed by atoms with Gasteiger partial charge < -0.3 is 9.84 Å². The normalized spacial score (nSPS) is 11.2. The highest BCUT2D eigenvalue weighted by Crippen LogP contribution is 2.20. The lowest BCUT2D eigenvalue weighted by molar-refractivity contribution is -0.138. The molecule has 0 bridgehead atoms. The van der Waals surface area contributed by atoms with E-state index in [-0.39, 0.29) is 6.61 Å². The molecule has 0 aromatic heterocycles. The molecule has 0 heterocycles. The van der Waals surface area contributed by atoms with Gasteiger partial charge in [0, 0.05) is 11.3 Å². The molecule has 0 aliphatic heterocycles. The van der Waals surface area contributed by atoms with Crippen LogP contribution in [0.15, 0.2) is 54.6 Å². The fourth-order valence-corrected chi connectivity index (χ4v) is 2.13. The molecule has 0 aliphatic rings. The van der Waals surface area contributed by atoms with Crippen LogP contribution in [-0.4, -0.2) is 23.2 Å². The van der Waals surface area contributed by atoms with Crippen molar-refractivity contribution in [3.63, 3.8) is 0 Å². The van der Waals surface area contributed by atoms with Crippen LogP contribution in [0.4, 0.5) is 10.5 Å². The fraction of sp³-hybridized carbons (Fsp3) is 0.158. The van der Waals surface area contributed by atoms with Gasteiger partial charge in [-0.05, 0) is 30.7 Å². The van der Waals surface area contributed by atoms with Crippen molar-refractivity contribution < 1.29 is 19.4 Å². The molecule has 0 spiro atoms. The van der Waals surface area contributed by atoms with Gasteiger partial charge in [-0.3, -0.25) is 4.90 Å². The molecule has 1 atom stereocenters. The van der Waals surface area contributed by atoms with Gasteiger partial charge >= 0.3 is 12.1 Å². The van der Waals surface area contributed by atoms with Gasteiger partial charge in [0.1, 0.15) is 12.6 Å². The lowest BCUT2D eigenvalue weighted by atomic mass is 10.1. The number of carbonyl (C=O) groups excluding carboxylic acids is 1. The highest BCUT2D eigenvalue weighted by molar-refractivity contribution is 5.95. The Balaban J connectivity index is 2.23. The number of anilines is 1. The number of nitrogens with zero attached hydrogens (tertiary/aromatic N) is 1. The first-order valence-corrected chi connectivity index (χ1v) is 7.32. The Labute approximate surface area is 140 Å². The average molecular weight is 323 g/mol. The number of amides is 1. The number of aliphatic carboxylic acids is 1. The van der Waals surface area contributed by atoms with Crippen molar-refractivity contribution in [2.75, 3.05) is 4.90 Å². The zero-order valence-electron chi connectivity index (χ0n) is 13.2. The van der Waals surface area contributed by atoms with Crippen molar-refractivity contribution in [3.05, 3.63) is 65.7 Å². The second-order valence-electron chi connectivity index (χ2n) is 5.12. The minimum Gasteiger partial charge on any atom is -0.480 e. The molecule has 0 saturated heterocycles. The summed E-state index contributed by atoms with van der Waals surface area (Å²) < 4.78 is 5.26. The van der Waals surface area contributed by atoms with Gasteiger partial charge in [0.05, 0.1) is 0 Å². The maximum absolute atomic E-state index is 12.5. The van der Waals surface area contributed by atoms with E-state index in [1.807, 2.05) is 30.3 Å². The summed E-state index contributed by atoms with van der Waals surface area (Å²) in [5, 5.41) is 9.28. The molecular weight excluding hydrogens is 306 g/mol. The van der Waals surface area contributed by atoms with Crippen molar-refractivity contribution in [2.45, 2.75) is 19.6 Å². The zero-order chi connectivity index (χ0) is 17.5. The van der Waals surface area contributed by atoms with E-state index in [1.54, 1.807) is 24.3 Å². The van der Waals surface area contributed by atoms with E-state index < -0.39 is 18.1 Å². The first-order valence-electron chi connectivity index (χ1n) is 7.32. The smallest absolute Gasteiger partial charge is 0.415 e. The van der Waals surface area contributed by atoms with Crippen LogP contribution >= 0.6 is 0 Å². The molecule has 1 N–H and O–H groups in total. The molecular formula is C19H17NO4. The van der Waals surface area contributed by atoms with Crippen LogP contribution < -0.4 is 4.90 Å². The predicted octanol–water partition coefficient (Wildman–Crippen LogP) is 3.28. The topological polar surface area (TPSA) is 66.8 Å². The summed E-state index contributed by atoms with van der Waals surface area (Å²) in [4.78, 5) is 24.9. The Hall–Kier alpha value is -3.26. The number of benzene rings is 2. The van der Waals surface area contributed by atoms with Gasteiger partial charge in [0.25, 0.3) is 0 Å². The zero-order valence-corrected chi connectivity index (χ0v) is 13.2. The van der Waals surface area contributed by atoms with Gasteiger partial charge in [-0.15, -0.1) is 6.42 Å². The number of carboxylic acids is 1. The molecule has 2 aromatic rings. The van der Waals surface area contributed by atoms with Crippen LogP contribution in [0.3, 0.4) is 0 Å². The van der Waals surface area contributed by atoms with Crippen molar-refractivity contribution in [1.29, 1.82) is 0 Å². The number of carboxylic acid groups (broad SMARTS) is 1. The summed E-state index contributed by atoms with van der Waals surface area (Å²) in [7, 11) is 0. The third-order valence-corrected chi connectivity index (χ3v) is 3.44. The standard InChI is InChI=1S/C19H17NO4/c1-3-15-10-7-11-17(12-15)20(14(2)18(21)22)19(23)24-13-16-8-5-4-6-9-16/h1,4-12,14H,13H2,2H3,(H,21,22). The highest BCUT2D eigenvalue weighted by Gasteiger charge is 2.28. The van der Waals surface area contributed by atoms with Gasteiger partial charge in [0.2, 0.25) is 0 Å². The van der Waals surface area contributed by atoms with E-state index in [2.05, 4.69) is 5.92 Å². The predicted molar refractivity (Wildman–Crippen MR) is 90.6 cm³/mol. The van der Waals surface area contributed by atoms with Crippen LogP contribution in [0.1, 0.15) is 18.1 Å². The molecule has 5 heteroatoms. The summed E-state index contributed by atoms with van der Waals surface area (Å²) >= 11 is 0. The summed E-state index contributed by atoms with van der Waals surface area (Å²) in [5.74, 6) is 1.32. The number of rotatable bonds is 5. The molecule has 0 aliphatic carbocycles. The van der Waals surface area contributed by atoms with Crippen LogP contribution in [0, 0.1) is 12.3 Å². The summed E-state index contributed by atoms with van der Waals surface area (Å²) in [6.07, 6.45) is 4.62. The fourth-order valence-electron chi connectivity index (χ4n) is 2.13. The first-order chi connectivity index (χ1) is 11.5. The number of carbonyl (C=O) groups is 2. The summed E-state index contributed by atoms with van der Waals surface area (Å²) in [6.45, 7) is 1.46. The number of terminal acetylenes is 1. The SMILES string of the molecule is C#Cc1cccc(N(C(=O)OCc2ccccc2)C(C)C(=O)O)c1. The van der Waals surface area contributed by atoms with Crippen molar-refractivity contribution in [3.8, 4) is 12.3 Å². The Kier molecular flexibility index (Phi) is 5.58. The molecule has 5 nitrogen and oxygen atoms in total. The molecule has 1 amide bonds. The Morgan fingerprint density at radius 2 is 1.92 bits per heavy atom. The molecule has 122 valence electrons. The Morgan fingerprint density at radius 1 is 1.21 bits per heavy atom. The van der Waals surface area contributed by atoms with Gasteiger partial charge in [-0.25, -0.2) is 9.59 Å². The number of hydrogen-bond acceptors (Lipinski definition) is 3. The van der Waals surface area contributed by atoms with Gasteiger partial charge in [0.15, 0.2) is 0 Å². The molecule has 2 rings (SSSR count). The molecule has 2 aromatic carbocycles. The lowest BCUT2D eigenvalue weighted by Crippen LogP contribution is -2.43. The molecule has 24 heavy (non-hydrogen) atoms. The molecule has 0 radical (unpaired) electrons. The summed E-state index contributed by atoms with van der Waals surface area (Å²) in [6, 6.07) is 14.6. The van der Waals surface area contributed by atoms with Crippen molar-refractivity contribution in [2.24, 2.45) is 0 Å². The second-order valence-corrected chi connectivity index (χ2v) is 5.12. The quantitative estimate of drug-likeness (QED) is 0.858. The third-order valence-electron chi connectivity index (χ3n) is 3.44. The molecule has 0 fully saturated rings. The van der Waals surface area contributed by atoms with E-state index in [9.17, 15) is 14.7 Å². The largest absolute Gasteiger partial charge is 0.480 e. The molecule has 1 unspecified atom stereocenters. The lowest BCUT2D eigenvalue weighted by Gasteiger charge is -2.26. The maximum Gasteiger partial charge on any atom is 0.415 e. The maximum atomic E-state index is 12.5. The van der Waals surface area contributed by atoms with E-state index in [0.717, 1.165) is 10.5 Å². The van der Waals surface area contributed by atoms with Crippen LogP contribution in [0.5, 0.6) is 0 Å². The second kappa shape index (κ2) is 7.84. The van der Waals surface area contributed by atoms with E-state index >= 15 is 0 Å².